The molecule has 2 rings (SSSR count). The van der Waals surface area contributed by atoms with E-state index in [2.05, 4.69) is 10.6 Å². The van der Waals surface area contributed by atoms with Crippen molar-refractivity contribution in [1.82, 2.24) is 10.6 Å². The molecule has 1 atom stereocenters. The largest absolute Gasteiger partial charge is 0.492 e. The zero-order chi connectivity index (χ0) is 16.7. The summed E-state index contributed by atoms with van der Waals surface area (Å²) in [4.78, 5) is 11.7. The van der Waals surface area contributed by atoms with E-state index in [1.54, 1.807) is 19.1 Å². The van der Waals surface area contributed by atoms with Crippen LogP contribution in [0.3, 0.4) is 0 Å². The van der Waals surface area contributed by atoms with E-state index in [0.29, 0.717) is 5.75 Å². The van der Waals surface area contributed by atoms with Gasteiger partial charge in [-0.2, -0.15) is 11.3 Å². The van der Waals surface area contributed by atoms with Crippen molar-refractivity contribution in [2.45, 2.75) is 12.5 Å². The van der Waals surface area contributed by atoms with Crippen LogP contribution in [0.25, 0.3) is 0 Å². The molecule has 1 aromatic heterocycles. The van der Waals surface area contributed by atoms with Gasteiger partial charge in [0.15, 0.2) is 0 Å². The molecule has 0 saturated carbocycles. The Balaban J connectivity index is 1.65. The number of aliphatic hydroxyl groups is 1. The summed E-state index contributed by atoms with van der Waals surface area (Å²) < 4.78 is 18.3. The summed E-state index contributed by atoms with van der Waals surface area (Å²) in [5, 5.41) is 19.2. The maximum absolute atomic E-state index is 13.0. The Morgan fingerprint density at radius 3 is 2.91 bits per heavy atom. The number of thiophene rings is 1. The van der Waals surface area contributed by atoms with Gasteiger partial charge in [0.25, 0.3) is 0 Å². The molecule has 0 aliphatic carbocycles. The SMILES string of the molecule is CC(O)(CNC(=O)NCCOc1cccc(F)c1)c1ccsc1. The smallest absolute Gasteiger partial charge is 0.315 e. The van der Waals surface area contributed by atoms with Crippen molar-refractivity contribution >= 4 is 17.4 Å². The van der Waals surface area contributed by atoms with Gasteiger partial charge in [-0.3, -0.25) is 0 Å². The minimum Gasteiger partial charge on any atom is -0.492 e. The Morgan fingerprint density at radius 1 is 1.39 bits per heavy atom. The zero-order valence-electron chi connectivity index (χ0n) is 12.7. The van der Waals surface area contributed by atoms with Gasteiger partial charge in [0.2, 0.25) is 0 Å². The molecule has 2 aromatic rings. The monoisotopic (exact) mass is 338 g/mol. The topological polar surface area (TPSA) is 70.6 Å². The molecule has 0 radical (unpaired) electrons. The standard InChI is InChI=1S/C16H19FN2O3S/c1-16(21,12-5-8-23-10-12)11-19-15(20)18-6-7-22-14-4-2-3-13(17)9-14/h2-5,8-10,21H,6-7,11H2,1H3,(H2,18,19,20). The van der Waals surface area contributed by atoms with Gasteiger partial charge in [0.1, 0.15) is 23.8 Å². The van der Waals surface area contributed by atoms with Crippen molar-refractivity contribution in [3.8, 4) is 5.75 Å². The lowest BCUT2D eigenvalue weighted by atomic mass is 9.99. The first kappa shape index (κ1) is 17.2. The van der Waals surface area contributed by atoms with Crippen LogP contribution in [0.2, 0.25) is 0 Å². The molecule has 3 N–H and O–H groups in total. The van der Waals surface area contributed by atoms with Crippen molar-refractivity contribution in [3.63, 3.8) is 0 Å². The van der Waals surface area contributed by atoms with Crippen LogP contribution in [0.4, 0.5) is 9.18 Å². The fourth-order valence-corrected chi connectivity index (χ4v) is 2.66. The molecule has 2 amide bonds. The highest BCUT2D eigenvalue weighted by atomic mass is 32.1. The Bertz CT molecular complexity index is 632. The van der Waals surface area contributed by atoms with Crippen molar-refractivity contribution in [1.29, 1.82) is 0 Å². The minimum atomic E-state index is -1.12. The van der Waals surface area contributed by atoms with Crippen LogP contribution < -0.4 is 15.4 Å². The summed E-state index contributed by atoms with van der Waals surface area (Å²) in [5.41, 5.74) is -0.354. The number of urea groups is 1. The highest BCUT2D eigenvalue weighted by Gasteiger charge is 2.23. The zero-order valence-corrected chi connectivity index (χ0v) is 13.5. The second-order valence-electron chi connectivity index (χ2n) is 5.20. The van der Waals surface area contributed by atoms with Gasteiger partial charge < -0.3 is 20.5 Å². The van der Waals surface area contributed by atoms with Gasteiger partial charge in [-0.05, 0) is 41.4 Å². The summed E-state index contributed by atoms with van der Waals surface area (Å²) in [6, 6.07) is 7.22. The number of carbonyl (C=O) groups excluding carboxylic acids is 1. The Morgan fingerprint density at radius 2 is 2.22 bits per heavy atom. The fraction of sp³-hybridized carbons (Fsp3) is 0.312. The van der Waals surface area contributed by atoms with Crippen LogP contribution >= 0.6 is 11.3 Å². The van der Waals surface area contributed by atoms with Gasteiger partial charge >= 0.3 is 6.03 Å². The molecular formula is C16H19FN2O3S. The third kappa shape index (κ3) is 5.54. The lowest BCUT2D eigenvalue weighted by Gasteiger charge is -2.22. The molecule has 0 aliphatic heterocycles. The summed E-state index contributed by atoms with van der Waals surface area (Å²) in [5.74, 6) is 0.0384. The number of amides is 2. The lowest BCUT2D eigenvalue weighted by Crippen LogP contribution is -2.44. The molecule has 1 aromatic carbocycles. The van der Waals surface area contributed by atoms with E-state index in [1.807, 2.05) is 16.8 Å². The molecule has 0 saturated heterocycles. The fourth-order valence-electron chi connectivity index (χ4n) is 1.88. The highest BCUT2D eigenvalue weighted by molar-refractivity contribution is 7.08. The predicted molar refractivity (Wildman–Crippen MR) is 87.2 cm³/mol. The van der Waals surface area contributed by atoms with E-state index in [4.69, 9.17) is 4.74 Å². The van der Waals surface area contributed by atoms with Crippen LogP contribution in [-0.2, 0) is 5.60 Å². The van der Waals surface area contributed by atoms with Crippen LogP contribution in [0, 0.1) is 5.82 Å². The maximum atomic E-state index is 13.0. The number of rotatable bonds is 7. The number of benzene rings is 1. The lowest BCUT2D eigenvalue weighted by molar-refractivity contribution is 0.0598. The molecule has 1 unspecified atom stereocenters. The molecule has 0 bridgehead atoms. The Hall–Kier alpha value is -2.12. The summed E-state index contributed by atoms with van der Waals surface area (Å²) in [7, 11) is 0. The number of nitrogens with one attached hydrogen (secondary N) is 2. The third-order valence-corrected chi connectivity index (χ3v) is 3.87. The molecular weight excluding hydrogens is 319 g/mol. The van der Waals surface area contributed by atoms with Gasteiger partial charge in [-0.15, -0.1) is 0 Å². The molecule has 124 valence electrons. The van der Waals surface area contributed by atoms with Crippen molar-refractivity contribution in [2.75, 3.05) is 19.7 Å². The molecule has 0 fully saturated rings. The van der Waals surface area contributed by atoms with E-state index in [-0.39, 0.29) is 25.5 Å². The summed E-state index contributed by atoms with van der Waals surface area (Å²) in [6.45, 7) is 2.23. The van der Waals surface area contributed by atoms with Crippen LogP contribution in [-0.4, -0.2) is 30.8 Å². The molecule has 0 spiro atoms. The first-order chi connectivity index (χ1) is 11.0. The second kappa shape index (κ2) is 7.94. The Kier molecular flexibility index (Phi) is 5.95. The van der Waals surface area contributed by atoms with E-state index < -0.39 is 11.6 Å². The van der Waals surface area contributed by atoms with E-state index in [0.717, 1.165) is 5.56 Å². The second-order valence-corrected chi connectivity index (χ2v) is 5.98. The summed E-state index contributed by atoms with van der Waals surface area (Å²) >= 11 is 1.48. The van der Waals surface area contributed by atoms with Gasteiger partial charge in [0.05, 0.1) is 13.1 Å². The van der Waals surface area contributed by atoms with E-state index in [1.165, 1.54) is 23.5 Å². The molecule has 1 heterocycles. The van der Waals surface area contributed by atoms with Gasteiger partial charge in [-0.1, -0.05) is 6.07 Å². The average molecular weight is 338 g/mol. The van der Waals surface area contributed by atoms with Gasteiger partial charge in [0, 0.05) is 6.07 Å². The first-order valence-electron chi connectivity index (χ1n) is 7.12. The summed E-state index contributed by atoms with van der Waals surface area (Å²) in [6.07, 6.45) is 0. The molecule has 5 nitrogen and oxygen atoms in total. The van der Waals surface area contributed by atoms with Crippen LogP contribution in [0.15, 0.2) is 41.1 Å². The highest BCUT2D eigenvalue weighted by Crippen LogP contribution is 2.21. The molecule has 0 aliphatic rings. The minimum absolute atomic E-state index is 0.0975. The number of hydrogen-bond acceptors (Lipinski definition) is 4. The number of carbonyl (C=O) groups is 1. The number of halogens is 1. The van der Waals surface area contributed by atoms with Crippen LogP contribution in [0.1, 0.15) is 12.5 Å². The predicted octanol–water partition coefficient (Wildman–Crippen LogP) is 2.47. The van der Waals surface area contributed by atoms with Gasteiger partial charge in [-0.25, -0.2) is 9.18 Å². The molecule has 7 heteroatoms. The Labute approximate surface area is 138 Å². The van der Waals surface area contributed by atoms with Crippen molar-refractivity contribution in [2.24, 2.45) is 0 Å². The quantitative estimate of drug-likeness (QED) is 0.679. The van der Waals surface area contributed by atoms with Crippen molar-refractivity contribution < 1.29 is 19.0 Å². The average Bonchev–Trinajstić information content (AvgIpc) is 3.05. The van der Waals surface area contributed by atoms with E-state index >= 15 is 0 Å². The number of ether oxygens (including phenoxy) is 1. The normalized spacial score (nSPS) is 13.2. The molecule has 23 heavy (non-hydrogen) atoms. The van der Waals surface area contributed by atoms with Crippen LogP contribution in [0.5, 0.6) is 5.75 Å². The third-order valence-electron chi connectivity index (χ3n) is 3.19. The maximum Gasteiger partial charge on any atom is 0.315 e. The number of hydrogen-bond donors (Lipinski definition) is 3. The van der Waals surface area contributed by atoms with E-state index in [9.17, 15) is 14.3 Å². The first-order valence-corrected chi connectivity index (χ1v) is 8.07. The van der Waals surface area contributed by atoms with Crippen molar-refractivity contribution in [3.05, 3.63) is 52.5 Å².